The van der Waals surface area contributed by atoms with E-state index in [-0.39, 0.29) is 12.0 Å². The number of nitrogens with one attached hydrogen (secondary N) is 2. The number of rotatable bonds is 14. The molecule has 1 saturated carbocycles. The minimum atomic E-state index is 0.188. The van der Waals surface area contributed by atoms with Crippen molar-refractivity contribution < 1.29 is 14.6 Å². The van der Waals surface area contributed by atoms with Gasteiger partial charge >= 0.3 is 0 Å². The Morgan fingerprint density at radius 2 is 1.94 bits per heavy atom. The summed E-state index contributed by atoms with van der Waals surface area (Å²) in [6, 6.07) is 8.16. The Hall–Kier alpha value is -1.83. The molecule has 0 aromatic heterocycles. The number of likely N-dealkylation sites (N-methyl/N-ethyl adjacent to an activating group) is 1. The van der Waals surface area contributed by atoms with Gasteiger partial charge in [-0.25, -0.2) is 4.99 Å². The van der Waals surface area contributed by atoms with Gasteiger partial charge in [-0.3, -0.25) is 0 Å². The highest BCUT2D eigenvalue weighted by molar-refractivity contribution is 5.79. The molecule has 0 radical (unpaired) electrons. The van der Waals surface area contributed by atoms with Crippen molar-refractivity contribution in [2.45, 2.75) is 52.0 Å². The first-order valence-electron chi connectivity index (χ1n) is 12.1. The zero-order valence-electron chi connectivity index (χ0n) is 20.4. The van der Waals surface area contributed by atoms with Crippen molar-refractivity contribution >= 4 is 5.96 Å². The quantitative estimate of drug-likeness (QED) is 0.300. The Morgan fingerprint density at radius 3 is 2.66 bits per heavy atom. The fourth-order valence-corrected chi connectivity index (χ4v) is 4.25. The summed E-state index contributed by atoms with van der Waals surface area (Å²) >= 11 is 0. The maximum atomic E-state index is 9.57. The number of methoxy groups -OCH3 is 1. The van der Waals surface area contributed by atoms with Gasteiger partial charge in [-0.1, -0.05) is 31.4 Å². The highest BCUT2D eigenvalue weighted by Gasteiger charge is 2.31. The Labute approximate surface area is 194 Å². The van der Waals surface area contributed by atoms with E-state index < -0.39 is 0 Å². The van der Waals surface area contributed by atoms with Gasteiger partial charge in [0, 0.05) is 39.9 Å². The van der Waals surface area contributed by atoms with Gasteiger partial charge in [0.25, 0.3) is 0 Å². The molecule has 0 saturated heterocycles. The van der Waals surface area contributed by atoms with Gasteiger partial charge in [-0.15, -0.1) is 0 Å². The van der Waals surface area contributed by atoms with Crippen LogP contribution in [0.3, 0.4) is 0 Å². The third kappa shape index (κ3) is 9.76. The van der Waals surface area contributed by atoms with Gasteiger partial charge < -0.3 is 30.1 Å². The lowest BCUT2D eigenvalue weighted by Gasteiger charge is -2.37. The summed E-state index contributed by atoms with van der Waals surface area (Å²) in [4.78, 5) is 6.99. The van der Waals surface area contributed by atoms with Crippen molar-refractivity contribution in [3.63, 3.8) is 0 Å². The van der Waals surface area contributed by atoms with Crippen molar-refractivity contribution in [3.05, 3.63) is 29.8 Å². The minimum Gasteiger partial charge on any atom is -0.492 e. The van der Waals surface area contributed by atoms with Crippen LogP contribution in [0.5, 0.6) is 5.75 Å². The molecule has 0 aliphatic heterocycles. The van der Waals surface area contributed by atoms with Crippen LogP contribution < -0.4 is 15.4 Å². The standard InChI is InChI=1S/C25H44N4O3/c1-4-26-24(28-21-25(13-16-30)11-6-5-7-12-25)27-20-22-9-8-10-23(19-22)32-18-15-29(2)14-17-31-3/h8-10,19,30H,4-7,11-18,20-21H2,1-3H3,(H2,26,27,28). The second-order valence-corrected chi connectivity index (χ2v) is 8.87. The average molecular weight is 449 g/mol. The number of nitrogens with zero attached hydrogens (tertiary/aromatic N) is 2. The molecule has 182 valence electrons. The smallest absolute Gasteiger partial charge is 0.191 e. The molecule has 32 heavy (non-hydrogen) atoms. The van der Waals surface area contributed by atoms with Crippen LogP contribution in [0.4, 0.5) is 0 Å². The van der Waals surface area contributed by atoms with Crippen LogP contribution >= 0.6 is 0 Å². The first-order chi connectivity index (χ1) is 15.6. The van der Waals surface area contributed by atoms with E-state index >= 15 is 0 Å². The molecule has 7 heteroatoms. The third-order valence-electron chi connectivity index (χ3n) is 6.27. The summed E-state index contributed by atoms with van der Waals surface area (Å²) in [5, 5.41) is 16.5. The van der Waals surface area contributed by atoms with Crippen LogP contribution in [0.2, 0.25) is 0 Å². The van der Waals surface area contributed by atoms with Crippen molar-refractivity contribution in [3.8, 4) is 5.75 Å². The summed E-state index contributed by atoms with van der Waals surface area (Å²) in [5.41, 5.74) is 1.31. The van der Waals surface area contributed by atoms with E-state index in [4.69, 9.17) is 14.5 Å². The molecule has 1 aromatic carbocycles. The highest BCUT2D eigenvalue weighted by atomic mass is 16.5. The van der Waals surface area contributed by atoms with E-state index in [1.54, 1.807) is 7.11 Å². The van der Waals surface area contributed by atoms with E-state index in [0.717, 1.165) is 56.5 Å². The number of ether oxygens (including phenoxy) is 2. The van der Waals surface area contributed by atoms with Crippen molar-refractivity contribution in [1.82, 2.24) is 15.5 Å². The zero-order valence-corrected chi connectivity index (χ0v) is 20.4. The van der Waals surface area contributed by atoms with Crippen LogP contribution in [-0.2, 0) is 11.3 Å². The summed E-state index contributed by atoms with van der Waals surface area (Å²) in [5.74, 6) is 1.71. The number of guanidine groups is 1. The number of aliphatic hydroxyl groups excluding tert-OH is 1. The lowest BCUT2D eigenvalue weighted by atomic mass is 9.72. The van der Waals surface area contributed by atoms with Crippen molar-refractivity contribution in [1.29, 1.82) is 0 Å². The number of aliphatic hydroxyl groups is 1. The average Bonchev–Trinajstić information content (AvgIpc) is 2.81. The highest BCUT2D eigenvalue weighted by Crippen LogP contribution is 2.38. The molecular weight excluding hydrogens is 404 g/mol. The van der Waals surface area contributed by atoms with Crippen LogP contribution in [0.15, 0.2) is 29.3 Å². The first kappa shape index (κ1) is 26.4. The zero-order chi connectivity index (χ0) is 23.1. The maximum absolute atomic E-state index is 9.57. The topological polar surface area (TPSA) is 78.4 Å². The first-order valence-corrected chi connectivity index (χ1v) is 12.1. The molecule has 7 nitrogen and oxygen atoms in total. The maximum Gasteiger partial charge on any atom is 0.191 e. The lowest BCUT2D eigenvalue weighted by Crippen LogP contribution is -2.44. The Bertz CT molecular complexity index is 657. The van der Waals surface area contributed by atoms with Crippen LogP contribution in [0, 0.1) is 5.41 Å². The predicted molar refractivity (Wildman–Crippen MR) is 131 cm³/mol. The Morgan fingerprint density at radius 1 is 1.16 bits per heavy atom. The number of hydrogen-bond acceptors (Lipinski definition) is 5. The van der Waals surface area contributed by atoms with Gasteiger partial charge in [-0.2, -0.15) is 0 Å². The van der Waals surface area contributed by atoms with E-state index in [9.17, 15) is 5.11 Å². The molecule has 1 fully saturated rings. The lowest BCUT2D eigenvalue weighted by molar-refractivity contribution is 0.131. The molecule has 0 unspecified atom stereocenters. The van der Waals surface area contributed by atoms with E-state index in [1.807, 2.05) is 12.1 Å². The van der Waals surface area contributed by atoms with Crippen LogP contribution in [0.1, 0.15) is 51.0 Å². The van der Waals surface area contributed by atoms with Gasteiger partial charge in [0.15, 0.2) is 5.96 Å². The molecule has 0 spiro atoms. The molecule has 1 aliphatic rings. The Balaban J connectivity index is 1.88. The fraction of sp³-hybridized carbons (Fsp3) is 0.720. The number of hydrogen-bond donors (Lipinski definition) is 3. The van der Waals surface area contributed by atoms with E-state index in [2.05, 4.69) is 41.6 Å². The summed E-state index contributed by atoms with van der Waals surface area (Å²) in [6.07, 6.45) is 7.04. The second-order valence-electron chi connectivity index (χ2n) is 8.87. The van der Waals surface area contributed by atoms with Crippen molar-refractivity contribution in [2.75, 3.05) is 60.2 Å². The molecule has 3 N–H and O–H groups in total. The van der Waals surface area contributed by atoms with Gasteiger partial charge in [0.05, 0.1) is 13.2 Å². The van der Waals surface area contributed by atoms with Crippen LogP contribution in [0.25, 0.3) is 0 Å². The molecular formula is C25H44N4O3. The molecule has 0 bridgehead atoms. The molecule has 0 amide bonds. The van der Waals surface area contributed by atoms with Gasteiger partial charge in [0.1, 0.15) is 12.4 Å². The molecule has 2 rings (SSSR count). The summed E-state index contributed by atoms with van der Waals surface area (Å²) in [6.45, 7) is 7.73. The van der Waals surface area contributed by atoms with Crippen LogP contribution in [-0.4, -0.2) is 76.1 Å². The third-order valence-corrected chi connectivity index (χ3v) is 6.27. The fourth-order valence-electron chi connectivity index (χ4n) is 4.25. The van der Waals surface area contributed by atoms with Gasteiger partial charge in [-0.05, 0) is 56.3 Å². The van der Waals surface area contributed by atoms with E-state index in [0.29, 0.717) is 13.2 Å². The Kier molecular flexibility index (Phi) is 12.5. The molecule has 1 aliphatic carbocycles. The number of benzene rings is 1. The molecule has 1 aromatic rings. The van der Waals surface area contributed by atoms with Gasteiger partial charge in [0.2, 0.25) is 0 Å². The summed E-state index contributed by atoms with van der Waals surface area (Å²) in [7, 11) is 3.79. The minimum absolute atomic E-state index is 0.188. The van der Waals surface area contributed by atoms with E-state index in [1.165, 1.54) is 32.1 Å². The normalized spacial score (nSPS) is 16.2. The predicted octanol–water partition coefficient (Wildman–Crippen LogP) is 3.03. The monoisotopic (exact) mass is 448 g/mol. The SMILES string of the molecule is CCNC(=NCc1cccc(OCCN(C)CCOC)c1)NCC1(CCO)CCCCC1. The molecule has 0 atom stereocenters. The second kappa shape index (κ2) is 15.1. The molecule has 0 heterocycles. The van der Waals surface area contributed by atoms with Crippen molar-refractivity contribution in [2.24, 2.45) is 10.4 Å². The summed E-state index contributed by atoms with van der Waals surface area (Å²) < 4.78 is 11.0. The number of aliphatic imine (C=N–C) groups is 1. The largest absolute Gasteiger partial charge is 0.492 e.